The molecule has 0 heterocycles. The van der Waals surface area contributed by atoms with Gasteiger partial charge >= 0.3 is 0 Å². The molecule has 0 unspecified atom stereocenters. The summed E-state index contributed by atoms with van der Waals surface area (Å²) in [6.07, 6.45) is 1.89. The fourth-order valence-corrected chi connectivity index (χ4v) is 3.35. The molecule has 0 aromatic heterocycles. The van der Waals surface area contributed by atoms with Gasteiger partial charge in [-0.2, -0.15) is 0 Å². The first-order valence-electron chi connectivity index (χ1n) is 5.48. The van der Waals surface area contributed by atoms with Gasteiger partial charge < -0.3 is 5.11 Å². The van der Waals surface area contributed by atoms with Crippen LogP contribution in [-0.4, -0.2) is 25.7 Å². The Bertz CT molecular complexity index is 550. The van der Waals surface area contributed by atoms with Gasteiger partial charge in [0.15, 0.2) is 11.6 Å². The molecule has 1 aliphatic rings. The van der Waals surface area contributed by atoms with E-state index in [0.717, 1.165) is 18.6 Å². The van der Waals surface area contributed by atoms with Crippen molar-refractivity contribution in [3.05, 3.63) is 29.8 Å². The van der Waals surface area contributed by atoms with Gasteiger partial charge in [0.25, 0.3) is 0 Å². The van der Waals surface area contributed by atoms with E-state index in [9.17, 15) is 22.3 Å². The number of aliphatic hydroxyl groups is 1. The smallest absolute Gasteiger partial charge is 0.241 e. The first-order chi connectivity index (χ1) is 8.38. The molecule has 18 heavy (non-hydrogen) atoms. The number of hydrogen-bond acceptors (Lipinski definition) is 3. The topological polar surface area (TPSA) is 66.4 Å². The Morgan fingerprint density at radius 1 is 1.28 bits per heavy atom. The number of sulfonamides is 1. The number of hydrogen-bond donors (Lipinski definition) is 2. The van der Waals surface area contributed by atoms with Crippen molar-refractivity contribution in [3.8, 4) is 0 Å². The van der Waals surface area contributed by atoms with Crippen molar-refractivity contribution < 1.29 is 22.3 Å². The molecular formula is C11H13F2NO3S. The van der Waals surface area contributed by atoms with Crippen LogP contribution in [0.25, 0.3) is 0 Å². The molecule has 0 amide bonds. The highest BCUT2D eigenvalue weighted by Crippen LogP contribution is 2.32. The Balaban J connectivity index is 2.28. The summed E-state index contributed by atoms with van der Waals surface area (Å²) in [5, 5.41) is 9.18. The quantitative estimate of drug-likeness (QED) is 0.868. The van der Waals surface area contributed by atoms with Crippen molar-refractivity contribution in [2.45, 2.75) is 29.7 Å². The fraction of sp³-hybridized carbons (Fsp3) is 0.455. The van der Waals surface area contributed by atoms with Crippen LogP contribution in [0.2, 0.25) is 0 Å². The number of halogens is 2. The van der Waals surface area contributed by atoms with Crippen LogP contribution in [-0.2, 0) is 10.0 Å². The van der Waals surface area contributed by atoms with E-state index < -0.39 is 27.2 Å². The molecule has 1 saturated carbocycles. The van der Waals surface area contributed by atoms with E-state index in [0.29, 0.717) is 18.9 Å². The molecule has 100 valence electrons. The number of aliphatic hydroxyl groups excluding tert-OH is 1. The standard InChI is InChI=1S/C11H13F2NO3S/c12-9-3-2-8(6-10(9)13)18(16,17)14-11(7-15)4-1-5-11/h2-3,6,14-15H,1,4-5,7H2. The third-order valence-electron chi connectivity index (χ3n) is 3.17. The minimum absolute atomic E-state index is 0.310. The molecule has 1 aromatic carbocycles. The summed E-state index contributed by atoms with van der Waals surface area (Å²) in [5.74, 6) is -2.32. The van der Waals surface area contributed by atoms with Gasteiger partial charge in [0.1, 0.15) is 0 Å². The Hall–Kier alpha value is -1.05. The van der Waals surface area contributed by atoms with Crippen LogP contribution < -0.4 is 4.72 Å². The maximum Gasteiger partial charge on any atom is 0.241 e. The van der Waals surface area contributed by atoms with Crippen LogP contribution in [0.4, 0.5) is 8.78 Å². The van der Waals surface area contributed by atoms with Crippen molar-refractivity contribution in [2.24, 2.45) is 0 Å². The second-order valence-corrected chi connectivity index (χ2v) is 6.16. The maximum absolute atomic E-state index is 13.0. The van der Waals surface area contributed by atoms with Gasteiger partial charge in [-0.05, 0) is 37.5 Å². The van der Waals surface area contributed by atoms with Crippen molar-refractivity contribution >= 4 is 10.0 Å². The van der Waals surface area contributed by atoms with E-state index in [1.165, 1.54) is 0 Å². The van der Waals surface area contributed by atoms with Crippen LogP contribution in [0.15, 0.2) is 23.1 Å². The highest BCUT2D eigenvalue weighted by Gasteiger charge is 2.40. The second-order valence-electron chi connectivity index (χ2n) is 4.47. The lowest BCUT2D eigenvalue weighted by atomic mass is 9.78. The lowest BCUT2D eigenvalue weighted by Gasteiger charge is -2.40. The minimum Gasteiger partial charge on any atom is -0.394 e. The summed E-state index contributed by atoms with van der Waals surface area (Å²) >= 11 is 0. The van der Waals surface area contributed by atoms with Gasteiger partial charge in [0, 0.05) is 0 Å². The maximum atomic E-state index is 13.0. The summed E-state index contributed by atoms with van der Waals surface area (Å²) in [6.45, 7) is -0.310. The Labute approximate surface area is 104 Å². The third-order valence-corrected chi connectivity index (χ3v) is 4.74. The summed E-state index contributed by atoms with van der Waals surface area (Å²) in [5.41, 5.74) is -0.857. The predicted octanol–water partition coefficient (Wildman–Crippen LogP) is 1.16. The number of benzene rings is 1. The molecule has 0 bridgehead atoms. The Kier molecular flexibility index (Phi) is 3.39. The summed E-state index contributed by atoms with van der Waals surface area (Å²) in [4.78, 5) is -0.346. The van der Waals surface area contributed by atoms with Crippen LogP contribution in [0.3, 0.4) is 0 Å². The molecule has 1 aromatic rings. The fourth-order valence-electron chi connectivity index (χ4n) is 1.88. The summed E-state index contributed by atoms with van der Waals surface area (Å²) in [6, 6.07) is 2.38. The normalized spacial score (nSPS) is 18.4. The monoisotopic (exact) mass is 277 g/mol. The average molecular weight is 277 g/mol. The molecular weight excluding hydrogens is 264 g/mol. The van der Waals surface area contributed by atoms with Gasteiger partial charge in [0.2, 0.25) is 10.0 Å². The van der Waals surface area contributed by atoms with Gasteiger partial charge in [-0.15, -0.1) is 0 Å². The van der Waals surface area contributed by atoms with Gasteiger partial charge in [0.05, 0.1) is 17.0 Å². The van der Waals surface area contributed by atoms with Crippen molar-refractivity contribution in [1.82, 2.24) is 4.72 Å². The predicted molar refractivity (Wildman–Crippen MR) is 60.3 cm³/mol. The largest absolute Gasteiger partial charge is 0.394 e. The molecule has 0 atom stereocenters. The van der Waals surface area contributed by atoms with E-state index in [4.69, 9.17) is 0 Å². The van der Waals surface area contributed by atoms with Crippen molar-refractivity contribution in [3.63, 3.8) is 0 Å². The first-order valence-corrected chi connectivity index (χ1v) is 6.97. The van der Waals surface area contributed by atoms with E-state index in [1.807, 2.05) is 0 Å². The SMILES string of the molecule is O=S(=O)(NC1(CO)CCC1)c1ccc(F)c(F)c1. The molecule has 1 aliphatic carbocycles. The minimum atomic E-state index is -3.95. The zero-order chi connectivity index (χ0) is 13.4. The summed E-state index contributed by atoms with van der Waals surface area (Å²) in [7, 11) is -3.95. The van der Waals surface area contributed by atoms with Crippen LogP contribution >= 0.6 is 0 Å². The lowest BCUT2D eigenvalue weighted by molar-refractivity contribution is 0.110. The zero-order valence-corrected chi connectivity index (χ0v) is 10.3. The Morgan fingerprint density at radius 2 is 1.94 bits per heavy atom. The zero-order valence-electron chi connectivity index (χ0n) is 9.49. The highest BCUT2D eigenvalue weighted by atomic mass is 32.2. The van der Waals surface area contributed by atoms with E-state index in [2.05, 4.69) is 4.72 Å². The molecule has 0 saturated heterocycles. The van der Waals surface area contributed by atoms with E-state index >= 15 is 0 Å². The molecule has 1 fully saturated rings. The summed E-state index contributed by atoms with van der Waals surface area (Å²) < 4.78 is 52.0. The van der Waals surface area contributed by atoms with Gasteiger partial charge in [-0.1, -0.05) is 0 Å². The molecule has 4 nitrogen and oxygen atoms in total. The van der Waals surface area contributed by atoms with E-state index in [-0.39, 0.29) is 11.5 Å². The van der Waals surface area contributed by atoms with E-state index in [1.54, 1.807) is 0 Å². The average Bonchev–Trinajstić information content (AvgIpc) is 2.27. The molecule has 0 spiro atoms. The van der Waals surface area contributed by atoms with Crippen LogP contribution in [0.1, 0.15) is 19.3 Å². The molecule has 0 aliphatic heterocycles. The van der Waals surface area contributed by atoms with Gasteiger partial charge in [-0.25, -0.2) is 21.9 Å². The highest BCUT2D eigenvalue weighted by molar-refractivity contribution is 7.89. The van der Waals surface area contributed by atoms with Crippen LogP contribution in [0, 0.1) is 11.6 Å². The molecule has 2 rings (SSSR count). The first kappa shape index (κ1) is 13.4. The molecule has 2 N–H and O–H groups in total. The number of nitrogens with one attached hydrogen (secondary N) is 1. The second kappa shape index (κ2) is 4.56. The van der Waals surface area contributed by atoms with Crippen molar-refractivity contribution in [1.29, 1.82) is 0 Å². The molecule has 7 heteroatoms. The van der Waals surface area contributed by atoms with Crippen molar-refractivity contribution in [2.75, 3.05) is 6.61 Å². The third kappa shape index (κ3) is 2.38. The van der Waals surface area contributed by atoms with Gasteiger partial charge in [-0.3, -0.25) is 0 Å². The lowest BCUT2D eigenvalue weighted by Crippen LogP contribution is -2.55. The molecule has 0 radical (unpaired) electrons. The number of rotatable bonds is 4. The van der Waals surface area contributed by atoms with Crippen LogP contribution in [0.5, 0.6) is 0 Å². The Morgan fingerprint density at radius 3 is 2.39 bits per heavy atom.